The van der Waals surface area contributed by atoms with Gasteiger partial charge in [0.25, 0.3) is 5.91 Å². The molecule has 1 aliphatic carbocycles. The summed E-state index contributed by atoms with van der Waals surface area (Å²) < 4.78 is 32.8. The van der Waals surface area contributed by atoms with E-state index in [1.54, 1.807) is 30.7 Å². The Hall–Kier alpha value is -3.16. The minimum Gasteiger partial charge on any atom is -0.477 e. The molecule has 4 heterocycles. The number of likely N-dealkylation sites (tertiary alicyclic amines) is 1. The SMILES string of the molecule is CCOc1cncc(-c2cnc(C(=O)N[C@@H](CN3CCC3)c3cc(NS(=O)(=O)C4CC4)ccn3)s2)n1. The second-order valence-electron chi connectivity index (χ2n) is 8.70. The molecule has 0 radical (unpaired) electrons. The Labute approximate surface area is 213 Å². The fourth-order valence-corrected chi connectivity index (χ4v) is 5.92. The molecule has 0 bridgehead atoms. The van der Waals surface area contributed by atoms with Crippen molar-refractivity contribution in [3.05, 3.63) is 47.6 Å². The average molecular weight is 530 g/mol. The number of ether oxygens (including phenoxy) is 1. The van der Waals surface area contributed by atoms with Gasteiger partial charge < -0.3 is 15.0 Å². The fourth-order valence-electron chi connectivity index (χ4n) is 3.77. The van der Waals surface area contributed by atoms with Crippen molar-refractivity contribution in [1.29, 1.82) is 0 Å². The minimum absolute atomic E-state index is 0.285. The predicted molar refractivity (Wildman–Crippen MR) is 135 cm³/mol. The Morgan fingerprint density at radius 3 is 2.81 bits per heavy atom. The van der Waals surface area contributed by atoms with Crippen molar-refractivity contribution < 1.29 is 17.9 Å². The van der Waals surface area contributed by atoms with E-state index in [2.05, 4.69) is 34.9 Å². The number of nitrogens with one attached hydrogen (secondary N) is 2. The Balaban J connectivity index is 1.33. The van der Waals surface area contributed by atoms with E-state index in [0.29, 0.717) is 53.8 Å². The van der Waals surface area contributed by atoms with Gasteiger partial charge in [0.2, 0.25) is 15.9 Å². The van der Waals surface area contributed by atoms with Crippen LogP contribution in [0, 0.1) is 0 Å². The third-order valence-electron chi connectivity index (χ3n) is 5.91. The summed E-state index contributed by atoms with van der Waals surface area (Å²) in [5.74, 6) is 0.0729. The van der Waals surface area contributed by atoms with Crippen molar-refractivity contribution >= 4 is 33.0 Å². The van der Waals surface area contributed by atoms with E-state index in [0.717, 1.165) is 19.5 Å². The van der Waals surface area contributed by atoms with Crippen molar-refractivity contribution in [1.82, 2.24) is 30.2 Å². The summed E-state index contributed by atoms with van der Waals surface area (Å²) in [5.41, 5.74) is 1.60. The highest BCUT2D eigenvalue weighted by Crippen LogP contribution is 2.30. The molecule has 2 aliphatic rings. The highest BCUT2D eigenvalue weighted by Gasteiger charge is 2.36. The molecule has 190 valence electrons. The summed E-state index contributed by atoms with van der Waals surface area (Å²) in [6.07, 6.45) is 8.75. The molecule has 36 heavy (non-hydrogen) atoms. The Morgan fingerprint density at radius 1 is 1.25 bits per heavy atom. The lowest BCUT2D eigenvalue weighted by Crippen LogP contribution is -2.44. The standard InChI is InChI=1S/C23H27N7O4S2/c1-2-34-21-13-24-11-18(27-21)20-12-26-23(35-20)22(31)28-19(14-30-8-3-9-30)17-10-15(6-7-25-17)29-36(32,33)16-4-5-16/h6-7,10-13,16,19H,2-5,8-9,14H2,1H3,(H,25,29)(H,28,31)/t19-/m0/s1. The smallest absolute Gasteiger partial charge is 0.280 e. The molecule has 0 aromatic carbocycles. The second-order valence-corrected chi connectivity index (χ2v) is 11.7. The maximum atomic E-state index is 13.2. The molecule has 1 saturated heterocycles. The Kier molecular flexibility index (Phi) is 7.12. The van der Waals surface area contributed by atoms with Gasteiger partial charge in [-0.1, -0.05) is 0 Å². The number of aromatic nitrogens is 4. The van der Waals surface area contributed by atoms with Gasteiger partial charge in [-0.25, -0.2) is 18.4 Å². The number of rotatable bonds is 11. The summed E-state index contributed by atoms with van der Waals surface area (Å²) in [4.78, 5) is 33.4. The number of anilines is 1. The number of amides is 1. The second kappa shape index (κ2) is 10.4. The number of sulfonamides is 1. The van der Waals surface area contributed by atoms with E-state index in [-0.39, 0.29) is 16.2 Å². The number of nitrogens with zero attached hydrogens (tertiary/aromatic N) is 5. The predicted octanol–water partition coefficient (Wildman–Crippen LogP) is 2.47. The molecule has 3 aromatic rings. The molecule has 2 fully saturated rings. The molecule has 5 rings (SSSR count). The molecule has 3 aromatic heterocycles. The summed E-state index contributed by atoms with van der Waals surface area (Å²) in [7, 11) is -3.40. The largest absolute Gasteiger partial charge is 0.477 e. The highest BCUT2D eigenvalue weighted by molar-refractivity contribution is 7.93. The first-order valence-electron chi connectivity index (χ1n) is 11.8. The van der Waals surface area contributed by atoms with Gasteiger partial charge in [-0.05, 0) is 51.4 Å². The first-order chi connectivity index (χ1) is 17.4. The lowest BCUT2D eigenvalue weighted by Gasteiger charge is -2.34. The molecule has 1 amide bonds. The van der Waals surface area contributed by atoms with Crippen molar-refractivity contribution in [2.24, 2.45) is 0 Å². The molecule has 0 unspecified atom stereocenters. The van der Waals surface area contributed by atoms with E-state index in [1.165, 1.54) is 17.5 Å². The summed E-state index contributed by atoms with van der Waals surface area (Å²) >= 11 is 1.21. The van der Waals surface area contributed by atoms with Crippen LogP contribution in [0.5, 0.6) is 5.88 Å². The summed E-state index contributed by atoms with van der Waals surface area (Å²) in [6.45, 7) is 4.79. The zero-order valence-electron chi connectivity index (χ0n) is 19.8. The molecular formula is C23H27N7O4S2. The summed E-state index contributed by atoms with van der Waals surface area (Å²) in [5, 5.41) is 2.99. The van der Waals surface area contributed by atoms with E-state index in [1.807, 2.05) is 6.92 Å². The van der Waals surface area contributed by atoms with Gasteiger partial charge >= 0.3 is 0 Å². The number of carbonyl (C=O) groups is 1. The van der Waals surface area contributed by atoms with Crippen LogP contribution >= 0.6 is 11.3 Å². The van der Waals surface area contributed by atoms with Gasteiger partial charge in [0.1, 0.15) is 5.69 Å². The number of carbonyl (C=O) groups excluding carboxylic acids is 1. The van der Waals surface area contributed by atoms with Crippen LogP contribution in [0.2, 0.25) is 0 Å². The van der Waals surface area contributed by atoms with Gasteiger partial charge in [0, 0.05) is 18.9 Å². The average Bonchev–Trinajstić information content (AvgIpc) is 3.59. The molecular weight excluding hydrogens is 502 g/mol. The topological polar surface area (TPSA) is 139 Å². The first-order valence-corrected chi connectivity index (χ1v) is 14.2. The number of thiazole rings is 1. The van der Waals surface area contributed by atoms with Gasteiger partial charge in [-0.15, -0.1) is 11.3 Å². The van der Waals surface area contributed by atoms with E-state index >= 15 is 0 Å². The molecule has 11 nitrogen and oxygen atoms in total. The molecule has 0 spiro atoms. The fraction of sp³-hybridized carbons (Fsp3) is 0.435. The van der Waals surface area contributed by atoms with Crippen LogP contribution in [-0.4, -0.2) is 70.7 Å². The van der Waals surface area contributed by atoms with Crippen LogP contribution in [0.4, 0.5) is 5.69 Å². The number of hydrogen-bond donors (Lipinski definition) is 2. The molecule has 13 heteroatoms. The zero-order chi connectivity index (χ0) is 25.1. The Morgan fingerprint density at radius 2 is 2.08 bits per heavy atom. The van der Waals surface area contributed by atoms with Crippen molar-refractivity contribution in [2.45, 2.75) is 37.5 Å². The first kappa shape index (κ1) is 24.5. The third kappa shape index (κ3) is 5.79. The van der Waals surface area contributed by atoms with Crippen LogP contribution < -0.4 is 14.8 Å². The monoisotopic (exact) mass is 529 g/mol. The number of pyridine rings is 1. The zero-order valence-corrected chi connectivity index (χ0v) is 21.4. The van der Waals surface area contributed by atoms with Crippen LogP contribution in [-0.2, 0) is 10.0 Å². The van der Waals surface area contributed by atoms with Gasteiger partial charge in [-0.3, -0.25) is 19.5 Å². The van der Waals surface area contributed by atoms with Crippen molar-refractivity contribution in [3.8, 4) is 16.5 Å². The van der Waals surface area contributed by atoms with Gasteiger partial charge in [0.05, 0.1) is 46.6 Å². The van der Waals surface area contributed by atoms with E-state index < -0.39 is 16.1 Å². The maximum Gasteiger partial charge on any atom is 0.280 e. The van der Waals surface area contributed by atoms with E-state index in [9.17, 15) is 13.2 Å². The van der Waals surface area contributed by atoms with Gasteiger partial charge in [0.15, 0.2) is 5.01 Å². The molecule has 1 saturated carbocycles. The lowest BCUT2D eigenvalue weighted by atomic mass is 10.1. The van der Waals surface area contributed by atoms with Crippen LogP contribution in [0.1, 0.15) is 47.7 Å². The van der Waals surface area contributed by atoms with E-state index in [4.69, 9.17) is 4.74 Å². The Bertz CT molecular complexity index is 1340. The molecule has 1 atom stereocenters. The lowest BCUT2D eigenvalue weighted by molar-refractivity contribution is 0.0905. The minimum atomic E-state index is -3.40. The van der Waals surface area contributed by atoms with Crippen molar-refractivity contribution in [2.75, 3.05) is 31.0 Å². The third-order valence-corrected chi connectivity index (χ3v) is 8.80. The van der Waals surface area contributed by atoms with Crippen molar-refractivity contribution in [3.63, 3.8) is 0 Å². The summed E-state index contributed by atoms with van der Waals surface area (Å²) in [6, 6.07) is 2.88. The quantitative estimate of drug-likeness (QED) is 0.383. The van der Waals surface area contributed by atoms with Gasteiger partial charge in [-0.2, -0.15) is 0 Å². The molecule has 2 N–H and O–H groups in total. The normalized spacial score (nSPS) is 16.7. The number of hydrogen-bond acceptors (Lipinski definition) is 10. The van der Waals surface area contributed by atoms with Crippen LogP contribution in [0.15, 0.2) is 36.9 Å². The highest BCUT2D eigenvalue weighted by atomic mass is 32.2. The van der Waals surface area contributed by atoms with Crippen LogP contribution in [0.25, 0.3) is 10.6 Å². The van der Waals surface area contributed by atoms with Crippen LogP contribution in [0.3, 0.4) is 0 Å². The molecule has 1 aliphatic heterocycles. The maximum absolute atomic E-state index is 13.2.